The lowest BCUT2D eigenvalue weighted by Gasteiger charge is -2.10. The third-order valence-electron chi connectivity index (χ3n) is 4.20. The van der Waals surface area contributed by atoms with Crippen LogP contribution in [0.3, 0.4) is 0 Å². The Labute approximate surface area is 174 Å². The van der Waals surface area contributed by atoms with Crippen molar-refractivity contribution in [3.8, 4) is 5.75 Å². The summed E-state index contributed by atoms with van der Waals surface area (Å²) >= 11 is 1.36. The lowest BCUT2D eigenvalue weighted by atomic mass is 10.1. The van der Waals surface area contributed by atoms with Crippen molar-refractivity contribution in [2.24, 2.45) is 0 Å². The van der Waals surface area contributed by atoms with Gasteiger partial charge in [0.15, 0.2) is 5.16 Å². The van der Waals surface area contributed by atoms with Gasteiger partial charge in [0.25, 0.3) is 0 Å². The first-order chi connectivity index (χ1) is 14.2. The van der Waals surface area contributed by atoms with Gasteiger partial charge < -0.3 is 19.4 Å². The second-order valence-corrected chi connectivity index (χ2v) is 7.22. The summed E-state index contributed by atoms with van der Waals surface area (Å²) in [6.45, 7) is 1.18. The van der Waals surface area contributed by atoms with Gasteiger partial charge in [-0.05, 0) is 17.7 Å². The molecule has 0 aliphatic rings. The van der Waals surface area contributed by atoms with Gasteiger partial charge in [-0.25, -0.2) is 0 Å². The zero-order chi connectivity index (χ0) is 20.5. The molecule has 1 amide bonds. The van der Waals surface area contributed by atoms with Crippen LogP contribution in [0.2, 0.25) is 0 Å². The number of aromatic nitrogens is 3. The number of carbonyl (C=O) groups is 1. The molecule has 1 aromatic heterocycles. The van der Waals surface area contributed by atoms with Crippen molar-refractivity contribution in [1.82, 2.24) is 14.8 Å². The van der Waals surface area contributed by atoms with Crippen LogP contribution in [0.4, 0.5) is 5.69 Å². The quantitative estimate of drug-likeness (QED) is 0.515. The molecule has 0 bridgehead atoms. The highest BCUT2D eigenvalue weighted by atomic mass is 32.2. The molecular formula is C21H24N4O3S. The maximum absolute atomic E-state index is 12.4. The molecule has 1 heterocycles. The average Bonchev–Trinajstić information content (AvgIpc) is 3.12. The van der Waals surface area contributed by atoms with Gasteiger partial charge in [0.1, 0.15) is 11.6 Å². The van der Waals surface area contributed by atoms with Crippen LogP contribution in [0.25, 0.3) is 0 Å². The fourth-order valence-corrected chi connectivity index (χ4v) is 3.55. The van der Waals surface area contributed by atoms with E-state index in [2.05, 4.69) is 27.6 Å². The van der Waals surface area contributed by atoms with Gasteiger partial charge in [-0.15, -0.1) is 10.2 Å². The number of anilines is 1. The molecule has 0 saturated heterocycles. The third kappa shape index (κ3) is 6.07. The molecule has 3 aromatic rings. The average molecular weight is 413 g/mol. The number of methoxy groups -OCH3 is 2. The number of rotatable bonds is 10. The van der Waals surface area contributed by atoms with Gasteiger partial charge in [0.2, 0.25) is 5.91 Å². The Kier molecular flexibility index (Phi) is 7.66. The van der Waals surface area contributed by atoms with Crippen molar-refractivity contribution < 1.29 is 14.3 Å². The number of hydrogen-bond acceptors (Lipinski definition) is 6. The summed E-state index contributed by atoms with van der Waals surface area (Å²) in [5.41, 5.74) is 1.85. The number of nitrogens with one attached hydrogen (secondary N) is 1. The fourth-order valence-electron chi connectivity index (χ4n) is 2.77. The molecule has 0 radical (unpaired) electrons. The van der Waals surface area contributed by atoms with Crippen LogP contribution in [0, 0.1) is 0 Å². The maximum atomic E-state index is 12.4. The zero-order valence-electron chi connectivity index (χ0n) is 16.5. The molecule has 0 fully saturated rings. The van der Waals surface area contributed by atoms with Gasteiger partial charge in [-0.2, -0.15) is 0 Å². The van der Waals surface area contributed by atoms with Crippen LogP contribution in [0.5, 0.6) is 5.75 Å². The molecule has 8 heteroatoms. The first-order valence-electron chi connectivity index (χ1n) is 9.21. The minimum absolute atomic E-state index is 0.117. The first-order valence-corrected chi connectivity index (χ1v) is 10.2. The van der Waals surface area contributed by atoms with Crippen LogP contribution in [0.1, 0.15) is 11.4 Å². The Hall–Kier alpha value is -2.84. The van der Waals surface area contributed by atoms with E-state index in [1.54, 1.807) is 20.3 Å². The van der Waals surface area contributed by atoms with E-state index in [0.29, 0.717) is 36.2 Å². The van der Waals surface area contributed by atoms with Crippen LogP contribution < -0.4 is 10.1 Å². The van der Waals surface area contributed by atoms with Crippen LogP contribution in [-0.2, 0) is 22.5 Å². The summed E-state index contributed by atoms with van der Waals surface area (Å²) in [6.07, 6.45) is 0.675. The molecule has 0 atom stereocenters. The monoisotopic (exact) mass is 412 g/mol. The Morgan fingerprint density at radius 1 is 1.10 bits per heavy atom. The second-order valence-electron chi connectivity index (χ2n) is 6.27. The summed E-state index contributed by atoms with van der Waals surface area (Å²) in [5.74, 6) is 1.66. The van der Waals surface area contributed by atoms with Crippen LogP contribution in [0.15, 0.2) is 59.8 Å². The molecule has 0 saturated carbocycles. The highest BCUT2D eigenvalue weighted by Gasteiger charge is 2.15. The van der Waals surface area contributed by atoms with E-state index in [1.807, 2.05) is 41.0 Å². The number of hydrogen-bond donors (Lipinski definition) is 1. The Morgan fingerprint density at radius 3 is 2.69 bits per heavy atom. The lowest BCUT2D eigenvalue weighted by Crippen LogP contribution is -2.15. The van der Waals surface area contributed by atoms with Crippen molar-refractivity contribution >= 4 is 23.4 Å². The van der Waals surface area contributed by atoms with Gasteiger partial charge in [-0.1, -0.05) is 48.2 Å². The van der Waals surface area contributed by atoms with E-state index in [1.165, 1.54) is 11.8 Å². The fraction of sp³-hybridized carbons (Fsp3) is 0.286. The molecule has 7 nitrogen and oxygen atoms in total. The SMILES string of the molecule is COCCn1c(Cc2ccccc2)nnc1SCC(=O)Nc1cccc(OC)c1. The van der Waals surface area contributed by atoms with E-state index in [9.17, 15) is 4.79 Å². The van der Waals surface area contributed by atoms with E-state index >= 15 is 0 Å². The Morgan fingerprint density at radius 2 is 1.93 bits per heavy atom. The predicted molar refractivity (Wildman–Crippen MR) is 113 cm³/mol. The normalized spacial score (nSPS) is 10.7. The number of thioether (sulfide) groups is 1. The number of carbonyl (C=O) groups excluding carboxylic acids is 1. The third-order valence-corrected chi connectivity index (χ3v) is 5.17. The molecular weight excluding hydrogens is 388 g/mol. The van der Waals surface area contributed by atoms with Crippen LogP contribution in [-0.4, -0.2) is 47.3 Å². The van der Waals surface area contributed by atoms with Crippen molar-refractivity contribution in [3.05, 3.63) is 66.0 Å². The summed E-state index contributed by atoms with van der Waals surface area (Å²) in [5, 5.41) is 12.2. The van der Waals surface area contributed by atoms with Crippen molar-refractivity contribution in [1.29, 1.82) is 0 Å². The summed E-state index contributed by atoms with van der Waals surface area (Å²) in [4.78, 5) is 12.4. The number of ether oxygens (including phenoxy) is 2. The van der Waals surface area contributed by atoms with Gasteiger partial charge in [0.05, 0.1) is 19.5 Å². The van der Waals surface area contributed by atoms with E-state index in [-0.39, 0.29) is 11.7 Å². The second kappa shape index (κ2) is 10.6. The standard InChI is InChI=1S/C21H24N4O3S/c1-27-12-11-25-19(13-16-7-4-3-5-8-16)23-24-21(25)29-15-20(26)22-17-9-6-10-18(14-17)28-2/h3-10,14H,11-13,15H2,1-2H3,(H,22,26). The molecule has 1 N–H and O–H groups in total. The molecule has 2 aromatic carbocycles. The lowest BCUT2D eigenvalue weighted by molar-refractivity contribution is -0.113. The van der Waals surface area contributed by atoms with E-state index < -0.39 is 0 Å². The van der Waals surface area contributed by atoms with Gasteiger partial charge in [-0.3, -0.25) is 4.79 Å². The van der Waals surface area contributed by atoms with E-state index in [4.69, 9.17) is 9.47 Å². The molecule has 0 aliphatic heterocycles. The summed E-state index contributed by atoms with van der Waals surface area (Å²) < 4.78 is 12.4. The first kappa shape index (κ1) is 20.9. The van der Waals surface area contributed by atoms with Crippen molar-refractivity contribution in [2.75, 3.05) is 31.9 Å². The predicted octanol–water partition coefficient (Wildman–Crippen LogP) is 3.25. The number of nitrogens with zero attached hydrogens (tertiary/aromatic N) is 3. The Bertz CT molecular complexity index is 931. The zero-order valence-corrected chi connectivity index (χ0v) is 17.3. The van der Waals surface area contributed by atoms with Crippen molar-refractivity contribution in [2.45, 2.75) is 18.1 Å². The summed E-state index contributed by atoms with van der Waals surface area (Å²) in [6, 6.07) is 17.4. The molecule has 29 heavy (non-hydrogen) atoms. The Balaban J connectivity index is 1.65. The number of benzene rings is 2. The molecule has 3 rings (SSSR count). The van der Waals surface area contributed by atoms with Crippen molar-refractivity contribution in [3.63, 3.8) is 0 Å². The van der Waals surface area contributed by atoms with Crippen LogP contribution >= 0.6 is 11.8 Å². The minimum Gasteiger partial charge on any atom is -0.497 e. The van der Waals surface area contributed by atoms with E-state index in [0.717, 1.165) is 11.4 Å². The largest absolute Gasteiger partial charge is 0.497 e. The minimum atomic E-state index is -0.117. The molecule has 0 aliphatic carbocycles. The molecule has 0 spiro atoms. The van der Waals surface area contributed by atoms with Gasteiger partial charge in [0, 0.05) is 31.8 Å². The van der Waals surface area contributed by atoms with Gasteiger partial charge >= 0.3 is 0 Å². The molecule has 0 unspecified atom stereocenters. The molecule has 152 valence electrons. The highest BCUT2D eigenvalue weighted by Crippen LogP contribution is 2.21. The number of amides is 1. The maximum Gasteiger partial charge on any atom is 0.234 e. The topological polar surface area (TPSA) is 78.3 Å². The summed E-state index contributed by atoms with van der Waals surface area (Å²) in [7, 11) is 3.26. The smallest absolute Gasteiger partial charge is 0.234 e. The highest BCUT2D eigenvalue weighted by molar-refractivity contribution is 7.99.